The molecular weight excluding hydrogens is 298 g/mol. The first-order chi connectivity index (χ1) is 11.0. The van der Waals surface area contributed by atoms with Gasteiger partial charge in [-0.15, -0.1) is 0 Å². The van der Waals surface area contributed by atoms with Crippen molar-refractivity contribution in [3.05, 3.63) is 39.4 Å². The van der Waals surface area contributed by atoms with E-state index in [1.165, 1.54) is 7.11 Å². The van der Waals surface area contributed by atoms with Gasteiger partial charge in [-0.25, -0.2) is 4.79 Å². The average Bonchev–Trinajstić information content (AvgIpc) is 2.56. The van der Waals surface area contributed by atoms with Crippen molar-refractivity contribution in [2.45, 2.75) is 19.8 Å². The number of benzene rings is 1. The van der Waals surface area contributed by atoms with Crippen LogP contribution in [0, 0.1) is 17.0 Å². The highest BCUT2D eigenvalue weighted by Gasteiger charge is 2.21. The minimum atomic E-state index is -0.329. The summed E-state index contributed by atoms with van der Waals surface area (Å²) < 4.78 is 4.72. The van der Waals surface area contributed by atoms with E-state index in [4.69, 9.17) is 4.74 Å². The molecule has 2 rings (SSSR count). The third kappa shape index (κ3) is 4.41. The Labute approximate surface area is 136 Å². The number of methoxy groups -OCH3 is 1. The minimum Gasteiger partial charge on any atom is -0.453 e. The standard InChI is InChI=1S/C16H23N3O4/c1-13-14(5-3-7-15(13)19(21)22)6-4-8-17-9-11-18(12-10-17)16(20)23-2/h3,5,7H,4,6,8-12H2,1-2H3. The zero-order valence-corrected chi connectivity index (χ0v) is 13.7. The van der Waals surface area contributed by atoms with Crippen LogP contribution in [0.3, 0.4) is 0 Å². The number of aryl methyl sites for hydroxylation is 1. The van der Waals surface area contributed by atoms with Crippen LogP contribution >= 0.6 is 0 Å². The van der Waals surface area contributed by atoms with E-state index in [1.807, 2.05) is 13.0 Å². The Morgan fingerprint density at radius 3 is 2.61 bits per heavy atom. The number of carbonyl (C=O) groups is 1. The molecule has 1 amide bonds. The lowest BCUT2D eigenvalue weighted by Crippen LogP contribution is -2.48. The van der Waals surface area contributed by atoms with Gasteiger partial charge in [0, 0.05) is 37.8 Å². The number of amides is 1. The number of piperazine rings is 1. The van der Waals surface area contributed by atoms with Crippen LogP contribution < -0.4 is 0 Å². The molecule has 1 fully saturated rings. The zero-order chi connectivity index (χ0) is 16.8. The molecule has 0 bridgehead atoms. The van der Waals surface area contributed by atoms with Crippen molar-refractivity contribution in [3.63, 3.8) is 0 Å². The second-order valence-corrected chi connectivity index (χ2v) is 5.72. The smallest absolute Gasteiger partial charge is 0.409 e. The van der Waals surface area contributed by atoms with Gasteiger partial charge in [-0.05, 0) is 31.9 Å². The van der Waals surface area contributed by atoms with Crippen LogP contribution in [-0.2, 0) is 11.2 Å². The van der Waals surface area contributed by atoms with Crippen LogP contribution in [0.25, 0.3) is 0 Å². The molecule has 0 spiro atoms. The van der Waals surface area contributed by atoms with Crippen LogP contribution in [0.5, 0.6) is 0 Å². The SMILES string of the molecule is COC(=O)N1CCN(CCCc2cccc([N+](=O)[O-])c2C)CC1. The quantitative estimate of drug-likeness (QED) is 0.614. The lowest BCUT2D eigenvalue weighted by molar-refractivity contribution is -0.385. The maximum Gasteiger partial charge on any atom is 0.409 e. The number of nitrogens with zero attached hydrogens (tertiary/aromatic N) is 3. The Morgan fingerprint density at radius 1 is 1.30 bits per heavy atom. The number of carbonyl (C=O) groups excluding carboxylic acids is 1. The number of hydrogen-bond acceptors (Lipinski definition) is 5. The Balaban J connectivity index is 1.79. The molecule has 0 aliphatic carbocycles. The maximum absolute atomic E-state index is 11.4. The Bertz CT molecular complexity index is 568. The predicted molar refractivity (Wildman–Crippen MR) is 86.6 cm³/mol. The normalized spacial score (nSPS) is 15.5. The lowest BCUT2D eigenvalue weighted by Gasteiger charge is -2.33. The molecular formula is C16H23N3O4. The summed E-state index contributed by atoms with van der Waals surface area (Å²) in [5, 5.41) is 11.0. The van der Waals surface area contributed by atoms with Gasteiger partial charge in [0.1, 0.15) is 0 Å². The summed E-state index contributed by atoms with van der Waals surface area (Å²) in [6.07, 6.45) is 1.50. The summed E-state index contributed by atoms with van der Waals surface area (Å²) in [4.78, 5) is 26.1. The third-order valence-electron chi connectivity index (χ3n) is 4.34. The van der Waals surface area contributed by atoms with Gasteiger partial charge in [-0.1, -0.05) is 12.1 Å². The molecule has 1 aliphatic rings. The fourth-order valence-corrected chi connectivity index (χ4v) is 2.91. The average molecular weight is 321 g/mol. The Hall–Kier alpha value is -2.15. The fourth-order valence-electron chi connectivity index (χ4n) is 2.91. The molecule has 7 nitrogen and oxygen atoms in total. The molecule has 1 aromatic rings. The van der Waals surface area contributed by atoms with E-state index >= 15 is 0 Å². The summed E-state index contributed by atoms with van der Waals surface area (Å²) in [6.45, 7) is 5.77. The molecule has 0 unspecified atom stereocenters. The van der Waals surface area contributed by atoms with Crippen molar-refractivity contribution in [1.82, 2.24) is 9.80 Å². The zero-order valence-electron chi connectivity index (χ0n) is 13.7. The number of ether oxygens (including phenoxy) is 1. The van der Waals surface area contributed by atoms with Crippen LogP contribution in [0.15, 0.2) is 18.2 Å². The second kappa shape index (κ2) is 7.92. The first kappa shape index (κ1) is 17.2. The van der Waals surface area contributed by atoms with Gasteiger partial charge in [0.15, 0.2) is 0 Å². The van der Waals surface area contributed by atoms with Crippen molar-refractivity contribution in [1.29, 1.82) is 0 Å². The predicted octanol–water partition coefficient (Wildman–Crippen LogP) is 2.22. The molecule has 0 N–H and O–H groups in total. The molecule has 0 aromatic heterocycles. The summed E-state index contributed by atoms with van der Waals surface area (Å²) in [7, 11) is 1.40. The molecule has 0 radical (unpaired) electrons. The summed E-state index contributed by atoms with van der Waals surface area (Å²) >= 11 is 0. The van der Waals surface area contributed by atoms with Crippen molar-refractivity contribution < 1.29 is 14.5 Å². The van der Waals surface area contributed by atoms with Gasteiger partial charge in [-0.2, -0.15) is 0 Å². The van der Waals surface area contributed by atoms with Gasteiger partial charge in [-0.3, -0.25) is 15.0 Å². The fraction of sp³-hybridized carbons (Fsp3) is 0.562. The minimum absolute atomic E-state index is 0.189. The van der Waals surface area contributed by atoms with Crippen molar-refractivity contribution in [2.24, 2.45) is 0 Å². The molecule has 126 valence electrons. The highest BCUT2D eigenvalue weighted by Crippen LogP contribution is 2.22. The van der Waals surface area contributed by atoms with Gasteiger partial charge in [0.25, 0.3) is 5.69 Å². The number of hydrogen-bond donors (Lipinski definition) is 0. The van der Waals surface area contributed by atoms with Crippen LogP contribution in [-0.4, -0.2) is 60.6 Å². The Kier molecular flexibility index (Phi) is 5.92. The third-order valence-corrected chi connectivity index (χ3v) is 4.34. The number of rotatable bonds is 5. The molecule has 1 heterocycles. The highest BCUT2D eigenvalue weighted by molar-refractivity contribution is 5.67. The van der Waals surface area contributed by atoms with Crippen molar-refractivity contribution in [3.8, 4) is 0 Å². The van der Waals surface area contributed by atoms with Crippen LogP contribution in [0.4, 0.5) is 10.5 Å². The molecule has 1 aromatic carbocycles. The molecule has 1 aliphatic heterocycles. The molecule has 0 saturated carbocycles. The van der Waals surface area contributed by atoms with Crippen molar-refractivity contribution in [2.75, 3.05) is 39.8 Å². The molecule has 0 atom stereocenters. The molecule has 23 heavy (non-hydrogen) atoms. The molecule has 1 saturated heterocycles. The first-order valence-corrected chi connectivity index (χ1v) is 7.81. The van der Waals surface area contributed by atoms with Gasteiger partial charge in [0.2, 0.25) is 0 Å². The lowest BCUT2D eigenvalue weighted by atomic mass is 10.0. The number of nitro benzene ring substituents is 1. The van der Waals surface area contributed by atoms with E-state index in [0.717, 1.165) is 43.6 Å². The summed E-state index contributed by atoms with van der Waals surface area (Å²) in [6, 6.07) is 5.25. The highest BCUT2D eigenvalue weighted by atomic mass is 16.6. The van der Waals surface area contributed by atoms with E-state index in [0.29, 0.717) is 13.1 Å². The van der Waals surface area contributed by atoms with Gasteiger partial charge in [0.05, 0.1) is 12.0 Å². The second-order valence-electron chi connectivity index (χ2n) is 5.72. The van der Waals surface area contributed by atoms with Crippen molar-refractivity contribution >= 4 is 11.8 Å². The van der Waals surface area contributed by atoms with E-state index in [9.17, 15) is 14.9 Å². The van der Waals surface area contributed by atoms with E-state index in [-0.39, 0.29) is 16.7 Å². The van der Waals surface area contributed by atoms with Crippen LogP contribution in [0.1, 0.15) is 17.5 Å². The van der Waals surface area contributed by atoms with E-state index < -0.39 is 0 Å². The summed E-state index contributed by atoms with van der Waals surface area (Å²) in [5.41, 5.74) is 1.98. The molecule has 7 heteroatoms. The van der Waals surface area contributed by atoms with Crippen LogP contribution in [0.2, 0.25) is 0 Å². The monoisotopic (exact) mass is 321 g/mol. The van der Waals surface area contributed by atoms with Gasteiger partial charge < -0.3 is 9.64 Å². The topological polar surface area (TPSA) is 75.9 Å². The number of nitro groups is 1. The van der Waals surface area contributed by atoms with E-state index in [1.54, 1.807) is 17.0 Å². The summed E-state index contributed by atoms with van der Waals surface area (Å²) in [5.74, 6) is 0. The van der Waals surface area contributed by atoms with E-state index in [2.05, 4.69) is 4.90 Å². The first-order valence-electron chi connectivity index (χ1n) is 7.81. The largest absolute Gasteiger partial charge is 0.453 e. The van der Waals surface area contributed by atoms with Gasteiger partial charge >= 0.3 is 6.09 Å². The maximum atomic E-state index is 11.4. The Morgan fingerprint density at radius 2 is 2.00 bits per heavy atom.